The van der Waals surface area contributed by atoms with Crippen molar-refractivity contribution in [2.75, 3.05) is 19.0 Å². The first-order chi connectivity index (χ1) is 9.35. The van der Waals surface area contributed by atoms with Crippen molar-refractivity contribution in [2.45, 2.75) is 19.9 Å². The smallest absolute Gasteiger partial charge is 0.323 e. The zero-order chi connectivity index (χ0) is 15.3. The summed E-state index contributed by atoms with van der Waals surface area (Å²) in [6.45, 7) is 3.09. The molecule has 20 heavy (non-hydrogen) atoms. The van der Waals surface area contributed by atoms with Gasteiger partial charge in [0.2, 0.25) is 0 Å². The summed E-state index contributed by atoms with van der Waals surface area (Å²) in [6.07, 6.45) is 0. The Morgan fingerprint density at radius 2 is 2.10 bits per heavy atom. The molecule has 0 aromatic heterocycles. The van der Waals surface area contributed by atoms with Gasteiger partial charge in [-0.15, -0.1) is 0 Å². The monoisotopic (exact) mass is 300 g/mol. The number of hydrogen-bond acceptors (Lipinski definition) is 3. The van der Waals surface area contributed by atoms with E-state index in [0.717, 1.165) is 0 Å². The maximum atomic E-state index is 12.1. The molecule has 1 aromatic rings. The minimum atomic E-state index is -1.08. The Hall–Kier alpha value is -1.95. The van der Waals surface area contributed by atoms with Crippen LogP contribution in [0.4, 0.5) is 10.5 Å². The summed E-state index contributed by atoms with van der Waals surface area (Å²) in [6, 6.07) is 4.01. The van der Waals surface area contributed by atoms with E-state index >= 15 is 0 Å². The van der Waals surface area contributed by atoms with E-state index in [1.54, 1.807) is 26.0 Å². The molecule has 0 heterocycles. The first-order valence-electron chi connectivity index (χ1n) is 5.98. The van der Waals surface area contributed by atoms with E-state index in [9.17, 15) is 9.59 Å². The largest absolute Gasteiger partial charge is 0.495 e. The second kappa shape index (κ2) is 7.00. The third kappa shape index (κ3) is 4.31. The molecular weight excluding hydrogens is 284 g/mol. The second-order valence-electron chi connectivity index (χ2n) is 4.39. The van der Waals surface area contributed by atoms with Crippen LogP contribution in [0.5, 0.6) is 5.75 Å². The number of anilines is 1. The number of carbonyl (C=O) groups is 2. The summed E-state index contributed by atoms with van der Waals surface area (Å²) in [7, 11) is 1.47. The molecule has 0 unspecified atom stereocenters. The highest BCUT2D eigenvalue weighted by Crippen LogP contribution is 2.28. The van der Waals surface area contributed by atoms with Gasteiger partial charge in [0.25, 0.3) is 0 Å². The highest BCUT2D eigenvalue weighted by Gasteiger charge is 2.21. The number of nitrogens with zero attached hydrogens (tertiary/aromatic N) is 1. The van der Waals surface area contributed by atoms with Gasteiger partial charge in [0.05, 0.1) is 12.8 Å². The Morgan fingerprint density at radius 1 is 1.45 bits per heavy atom. The van der Waals surface area contributed by atoms with Gasteiger partial charge in [-0.1, -0.05) is 11.6 Å². The van der Waals surface area contributed by atoms with Gasteiger partial charge < -0.3 is 20.1 Å². The van der Waals surface area contributed by atoms with Crippen molar-refractivity contribution in [2.24, 2.45) is 0 Å². The van der Waals surface area contributed by atoms with Gasteiger partial charge >= 0.3 is 12.0 Å². The maximum absolute atomic E-state index is 12.1. The van der Waals surface area contributed by atoms with E-state index < -0.39 is 12.0 Å². The molecule has 0 aliphatic rings. The summed E-state index contributed by atoms with van der Waals surface area (Å²) in [5, 5.41) is 11.9. The standard InChI is InChI=1S/C13H17ClN2O4/c1-8(2)16(7-12(17)18)13(19)15-10-6-9(14)4-5-11(10)20-3/h4-6,8H,7H2,1-3H3,(H,15,19)(H,17,18). The van der Waals surface area contributed by atoms with E-state index in [2.05, 4.69) is 5.32 Å². The van der Waals surface area contributed by atoms with Crippen molar-refractivity contribution in [3.8, 4) is 5.75 Å². The van der Waals surface area contributed by atoms with Crippen LogP contribution in [0.3, 0.4) is 0 Å². The van der Waals surface area contributed by atoms with E-state index in [4.69, 9.17) is 21.4 Å². The van der Waals surface area contributed by atoms with Gasteiger partial charge in [0.1, 0.15) is 12.3 Å². The first kappa shape index (κ1) is 16.1. The molecular formula is C13H17ClN2O4. The van der Waals surface area contributed by atoms with Crippen molar-refractivity contribution in [3.05, 3.63) is 23.2 Å². The van der Waals surface area contributed by atoms with Crippen LogP contribution in [0.25, 0.3) is 0 Å². The van der Waals surface area contributed by atoms with Crippen molar-refractivity contribution in [3.63, 3.8) is 0 Å². The molecule has 2 amide bonds. The maximum Gasteiger partial charge on any atom is 0.323 e. The highest BCUT2D eigenvalue weighted by atomic mass is 35.5. The molecule has 0 spiro atoms. The number of aliphatic carboxylic acids is 1. The molecule has 0 radical (unpaired) electrons. The summed E-state index contributed by atoms with van der Waals surface area (Å²) in [4.78, 5) is 24.1. The van der Waals surface area contributed by atoms with Crippen molar-refractivity contribution in [1.82, 2.24) is 4.90 Å². The minimum Gasteiger partial charge on any atom is -0.495 e. The first-order valence-corrected chi connectivity index (χ1v) is 6.36. The van der Waals surface area contributed by atoms with E-state index in [-0.39, 0.29) is 12.6 Å². The predicted molar refractivity (Wildman–Crippen MR) is 76.5 cm³/mol. The van der Waals surface area contributed by atoms with Gasteiger partial charge in [-0.2, -0.15) is 0 Å². The van der Waals surface area contributed by atoms with E-state index in [0.29, 0.717) is 16.5 Å². The van der Waals surface area contributed by atoms with Crippen molar-refractivity contribution < 1.29 is 19.4 Å². The number of carbonyl (C=O) groups excluding carboxylic acids is 1. The number of hydrogen-bond donors (Lipinski definition) is 2. The average molecular weight is 301 g/mol. The van der Waals surface area contributed by atoms with Crippen molar-refractivity contribution in [1.29, 1.82) is 0 Å². The molecule has 0 bridgehead atoms. The number of urea groups is 1. The number of rotatable bonds is 5. The second-order valence-corrected chi connectivity index (χ2v) is 4.83. The lowest BCUT2D eigenvalue weighted by atomic mass is 10.3. The number of ether oxygens (including phenoxy) is 1. The molecule has 7 heteroatoms. The van der Waals surface area contributed by atoms with Gasteiger partial charge in [0.15, 0.2) is 0 Å². The molecule has 110 valence electrons. The van der Waals surface area contributed by atoms with Crippen molar-refractivity contribution >= 4 is 29.3 Å². The fourth-order valence-electron chi connectivity index (χ4n) is 1.60. The van der Waals surface area contributed by atoms with Crippen LogP contribution < -0.4 is 10.1 Å². The van der Waals surface area contributed by atoms with Gasteiger partial charge in [-0.05, 0) is 32.0 Å². The van der Waals surface area contributed by atoms with E-state index in [1.165, 1.54) is 18.1 Å². The number of carboxylic acid groups (broad SMARTS) is 1. The minimum absolute atomic E-state index is 0.253. The molecule has 1 rings (SSSR count). The van der Waals surface area contributed by atoms with Gasteiger partial charge in [0, 0.05) is 11.1 Å². The molecule has 0 fully saturated rings. The number of methoxy groups -OCH3 is 1. The SMILES string of the molecule is COc1ccc(Cl)cc1NC(=O)N(CC(=O)O)C(C)C. The van der Waals surface area contributed by atoms with Crippen LogP contribution in [-0.2, 0) is 4.79 Å². The normalized spacial score (nSPS) is 10.2. The lowest BCUT2D eigenvalue weighted by Gasteiger charge is -2.25. The molecule has 6 nitrogen and oxygen atoms in total. The topological polar surface area (TPSA) is 78.9 Å². The van der Waals surface area contributed by atoms with Gasteiger partial charge in [-0.3, -0.25) is 4.79 Å². The molecule has 1 aromatic carbocycles. The highest BCUT2D eigenvalue weighted by molar-refractivity contribution is 6.31. The third-order valence-corrected chi connectivity index (χ3v) is 2.83. The zero-order valence-corrected chi connectivity index (χ0v) is 12.3. The Labute approximate surface area is 122 Å². The molecule has 2 N–H and O–H groups in total. The molecule has 0 aliphatic heterocycles. The fraction of sp³-hybridized carbons (Fsp3) is 0.385. The zero-order valence-electron chi connectivity index (χ0n) is 11.5. The number of carboxylic acids is 1. The molecule has 0 aliphatic carbocycles. The van der Waals surface area contributed by atoms with Gasteiger partial charge in [-0.25, -0.2) is 4.79 Å². The Morgan fingerprint density at radius 3 is 2.60 bits per heavy atom. The number of halogens is 1. The predicted octanol–water partition coefficient (Wildman–Crippen LogP) is 2.68. The van der Waals surface area contributed by atoms with Crippen LogP contribution in [0.2, 0.25) is 5.02 Å². The Kier molecular flexibility index (Phi) is 5.64. The molecule has 0 saturated carbocycles. The number of amides is 2. The summed E-state index contributed by atoms with van der Waals surface area (Å²) >= 11 is 5.87. The van der Waals surface area contributed by atoms with Crippen LogP contribution in [0.1, 0.15) is 13.8 Å². The average Bonchev–Trinajstić information content (AvgIpc) is 2.35. The number of benzene rings is 1. The van der Waals surface area contributed by atoms with E-state index in [1.807, 2.05) is 0 Å². The quantitative estimate of drug-likeness (QED) is 0.876. The Balaban J connectivity index is 2.93. The Bertz CT molecular complexity index is 505. The number of nitrogens with one attached hydrogen (secondary N) is 1. The summed E-state index contributed by atoms with van der Waals surface area (Å²) in [5.74, 6) is -0.631. The lowest BCUT2D eigenvalue weighted by molar-refractivity contribution is -0.137. The molecule has 0 saturated heterocycles. The fourth-order valence-corrected chi connectivity index (χ4v) is 1.77. The summed E-state index contributed by atoms with van der Waals surface area (Å²) in [5.41, 5.74) is 0.390. The van der Waals surface area contributed by atoms with Crippen LogP contribution >= 0.6 is 11.6 Å². The van der Waals surface area contributed by atoms with Crippen LogP contribution in [0.15, 0.2) is 18.2 Å². The van der Waals surface area contributed by atoms with Crippen LogP contribution in [0, 0.1) is 0 Å². The third-order valence-electron chi connectivity index (χ3n) is 2.59. The molecule has 0 atom stereocenters. The lowest BCUT2D eigenvalue weighted by Crippen LogP contribution is -2.43. The summed E-state index contributed by atoms with van der Waals surface area (Å²) < 4.78 is 5.11. The van der Waals surface area contributed by atoms with Crippen LogP contribution in [-0.4, -0.2) is 41.7 Å².